The summed E-state index contributed by atoms with van der Waals surface area (Å²) in [5.41, 5.74) is -1.95. The van der Waals surface area contributed by atoms with Gasteiger partial charge in [0.25, 0.3) is 5.91 Å². The summed E-state index contributed by atoms with van der Waals surface area (Å²) in [5, 5.41) is 2.02. The average molecular weight is 386 g/mol. The summed E-state index contributed by atoms with van der Waals surface area (Å²) in [5.74, 6) is -3.08. The van der Waals surface area contributed by atoms with Crippen molar-refractivity contribution in [1.29, 1.82) is 0 Å². The summed E-state index contributed by atoms with van der Waals surface area (Å²) in [6.07, 6.45) is -4.74. The van der Waals surface area contributed by atoms with Crippen molar-refractivity contribution < 1.29 is 31.5 Å². The number of anilines is 2. The molecule has 0 atom stereocenters. The van der Waals surface area contributed by atoms with E-state index in [4.69, 9.17) is 4.74 Å². The first-order chi connectivity index (χ1) is 12.8. The lowest BCUT2D eigenvalue weighted by Gasteiger charge is -2.29. The Morgan fingerprint density at radius 3 is 2.41 bits per heavy atom. The Bertz CT molecular complexity index is 848. The molecule has 2 aromatic carbocycles. The van der Waals surface area contributed by atoms with Gasteiger partial charge in [0, 0.05) is 18.8 Å². The Kier molecular flexibility index (Phi) is 5.31. The number of hydrogen-bond donors (Lipinski definition) is 1. The van der Waals surface area contributed by atoms with Crippen LogP contribution in [0.4, 0.5) is 33.3 Å². The molecule has 0 radical (unpaired) electrons. The second kappa shape index (κ2) is 7.51. The summed E-state index contributed by atoms with van der Waals surface area (Å²) in [6.45, 7) is 1.69. The smallest absolute Gasteiger partial charge is 0.378 e. The number of alkyl halides is 3. The highest BCUT2D eigenvalue weighted by atomic mass is 19.4. The van der Waals surface area contributed by atoms with Crippen molar-refractivity contribution in [2.75, 3.05) is 36.5 Å². The van der Waals surface area contributed by atoms with E-state index in [-0.39, 0.29) is 0 Å². The Morgan fingerprint density at radius 2 is 1.74 bits per heavy atom. The van der Waals surface area contributed by atoms with E-state index in [1.54, 1.807) is 4.90 Å². The first kappa shape index (κ1) is 19.1. The number of ether oxygens (including phenoxy) is 1. The van der Waals surface area contributed by atoms with Gasteiger partial charge in [0.2, 0.25) is 0 Å². The van der Waals surface area contributed by atoms with Crippen LogP contribution in [0.25, 0.3) is 0 Å². The molecule has 1 N–H and O–H groups in total. The van der Waals surface area contributed by atoms with E-state index in [1.807, 2.05) is 5.32 Å². The lowest BCUT2D eigenvalue weighted by molar-refractivity contribution is -0.136. The molecule has 0 bridgehead atoms. The molecule has 0 aliphatic carbocycles. The highest BCUT2D eigenvalue weighted by molar-refractivity contribution is 6.05. The lowest BCUT2D eigenvalue weighted by atomic mass is 10.1. The fourth-order valence-corrected chi connectivity index (χ4v) is 2.76. The predicted molar refractivity (Wildman–Crippen MR) is 88.8 cm³/mol. The predicted octanol–water partition coefficient (Wildman–Crippen LogP) is 4.07. The van der Waals surface area contributed by atoms with Gasteiger partial charge < -0.3 is 15.0 Å². The van der Waals surface area contributed by atoms with Gasteiger partial charge in [-0.2, -0.15) is 13.2 Å². The first-order valence-electron chi connectivity index (χ1n) is 8.06. The topological polar surface area (TPSA) is 41.6 Å². The number of carbonyl (C=O) groups is 1. The van der Waals surface area contributed by atoms with Crippen LogP contribution in [-0.2, 0) is 10.9 Å². The molecular weight excluding hydrogens is 371 g/mol. The molecule has 9 heteroatoms. The number of amides is 1. The zero-order valence-corrected chi connectivity index (χ0v) is 13.9. The van der Waals surface area contributed by atoms with Crippen molar-refractivity contribution in [1.82, 2.24) is 0 Å². The third-order valence-corrected chi connectivity index (χ3v) is 4.11. The fourth-order valence-electron chi connectivity index (χ4n) is 2.76. The van der Waals surface area contributed by atoms with Gasteiger partial charge in [0.05, 0.1) is 30.0 Å². The molecule has 2 aromatic rings. The molecule has 0 saturated carbocycles. The van der Waals surface area contributed by atoms with Crippen LogP contribution in [0.2, 0.25) is 0 Å². The van der Waals surface area contributed by atoms with E-state index in [1.165, 1.54) is 6.07 Å². The zero-order chi connectivity index (χ0) is 19.6. The van der Waals surface area contributed by atoms with Gasteiger partial charge in [-0.25, -0.2) is 8.78 Å². The van der Waals surface area contributed by atoms with E-state index in [2.05, 4.69) is 0 Å². The van der Waals surface area contributed by atoms with Gasteiger partial charge in [0.1, 0.15) is 11.6 Å². The van der Waals surface area contributed by atoms with Crippen LogP contribution in [0.1, 0.15) is 15.9 Å². The maximum atomic E-state index is 13.7. The minimum atomic E-state index is -4.74. The van der Waals surface area contributed by atoms with Crippen molar-refractivity contribution in [3.8, 4) is 0 Å². The van der Waals surface area contributed by atoms with E-state index in [0.29, 0.717) is 38.1 Å². The van der Waals surface area contributed by atoms with Gasteiger partial charge in [-0.15, -0.1) is 0 Å². The van der Waals surface area contributed by atoms with E-state index in [9.17, 15) is 26.7 Å². The summed E-state index contributed by atoms with van der Waals surface area (Å²) in [4.78, 5) is 13.9. The molecule has 1 heterocycles. The molecule has 4 nitrogen and oxygen atoms in total. The quantitative estimate of drug-likeness (QED) is 0.809. The second-order valence-electron chi connectivity index (χ2n) is 5.91. The van der Waals surface area contributed by atoms with Crippen LogP contribution >= 0.6 is 0 Å². The number of rotatable bonds is 3. The fraction of sp³-hybridized carbons (Fsp3) is 0.278. The van der Waals surface area contributed by atoms with Gasteiger partial charge >= 0.3 is 6.18 Å². The molecule has 0 spiro atoms. The Hall–Kier alpha value is -2.68. The highest BCUT2D eigenvalue weighted by Gasteiger charge is 2.35. The summed E-state index contributed by atoms with van der Waals surface area (Å²) >= 11 is 0. The van der Waals surface area contributed by atoms with Crippen LogP contribution in [-0.4, -0.2) is 32.2 Å². The number of morpholine rings is 1. The third-order valence-electron chi connectivity index (χ3n) is 4.11. The molecule has 0 unspecified atom stereocenters. The molecular formula is C18H15F5N2O2. The van der Waals surface area contributed by atoms with Crippen molar-refractivity contribution in [2.24, 2.45) is 0 Å². The lowest BCUT2D eigenvalue weighted by Crippen LogP contribution is -2.36. The Labute approximate surface area is 151 Å². The second-order valence-corrected chi connectivity index (χ2v) is 5.91. The molecule has 1 fully saturated rings. The number of hydrogen-bond acceptors (Lipinski definition) is 3. The van der Waals surface area contributed by atoms with Gasteiger partial charge in [-0.3, -0.25) is 4.79 Å². The molecule has 1 aliphatic rings. The van der Waals surface area contributed by atoms with Crippen LogP contribution in [0.15, 0.2) is 36.4 Å². The summed E-state index contributed by atoms with van der Waals surface area (Å²) < 4.78 is 72.5. The third kappa shape index (κ3) is 4.36. The molecule has 0 aromatic heterocycles. The minimum Gasteiger partial charge on any atom is -0.378 e. The molecule has 27 heavy (non-hydrogen) atoms. The van der Waals surface area contributed by atoms with E-state index in [0.717, 1.165) is 24.3 Å². The van der Waals surface area contributed by atoms with Crippen molar-refractivity contribution in [3.63, 3.8) is 0 Å². The van der Waals surface area contributed by atoms with Gasteiger partial charge in [-0.05, 0) is 36.4 Å². The van der Waals surface area contributed by atoms with Gasteiger partial charge in [0.15, 0.2) is 0 Å². The Morgan fingerprint density at radius 1 is 1.04 bits per heavy atom. The average Bonchev–Trinajstić information content (AvgIpc) is 2.64. The van der Waals surface area contributed by atoms with E-state index >= 15 is 0 Å². The largest absolute Gasteiger partial charge is 0.418 e. The maximum Gasteiger partial charge on any atom is 0.418 e. The van der Waals surface area contributed by atoms with Crippen molar-refractivity contribution in [3.05, 3.63) is 59.2 Å². The maximum absolute atomic E-state index is 13.7. The summed E-state index contributed by atoms with van der Waals surface area (Å²) in [7, 11) is 0. The highest BCUT2D eigenvalue weighted by Crippen LogP contribution is 2.37. The zero-order valence-electron chi connectivity index (χ0n) is 13.9. The summed E-state index contributed by atoms with van der Waals surface area (Å²) in [6, 6.07) is 5.62. The monoisotopic (exact) mass is 386 g/mol. The molecule has 1 aliphatic heterocycles. The standard InChI is InChI=1S/C18H15F5N2O2/c19-11-1-3-15(20)13(9-11)17(26)24-16-4-2-12(10-14(16)18(21,22)23)25-5-7-27-8-6-25/h1-4,9-10H,5-8H2,(H,24,26). The minimum absolute atomic E-state index is 0.334. The first-order valence-corrected chi connectivity index (χ1v) is 8.06. The SMILES string of the molecule is O=C(Nc1ccc(N2CCOCC2)cc1C(F)(F)F)c1cc(F)ccc1F. The number of benzene rings is 2. The van der Waals surface area contributed by atoms with Crippen LogP contribution < -0.4 is 10.2 Å². The molecule has 144 valence electrons. The van der Waals surface area contributed by atoms with Crippen molar-refractivity contribution in [2.45, 2.75) is 6.18 Å². The normalized spacial score (nSPS) is 14.9. The van der Waals surface area contributed by atoms with Crippen LogP contribution in [0.5, 0.6) is 0 Å². The number of nitrogens with one attached hydrogen (secondary N) is 1. The van der Waals surface area contributed by atoms with Crippen molar-refractivity contribution >= 4 is 17.3 Å². The molecule has 1 amide bonds. The van der Waals surface area contributed by atoms with Gasteiger partial charge in [-0.1, -0.05) is 0 Å². The van der Waals surface area contributed by atoms with Crippen LogP contribution in [0, 0.1) is 11.6 Å². The molecule has 3 rings (SSSR count). The Balaban J connectivity index is 1.92. The van der Waals surface area contributed by atoms with E-state index < -0.39 is 40.5 Å². The number of carbonyl (C=O) groups excluding carboxylic acids is 1. The number of nitrogens with zero attached hydrogens (tertiary/aromatic N) is 1. The number of halogens is 5. The van der Waals surface area contributed by atoms with Crippen LogP contribution in [0.3, 0.4) is 0 Å². The molecule has 1 saturated heterocycles.